The van der Waals surface area contributed by atoms with Gasteiger partial charge in [-0.1, -0.05) is 12.1 Å². The van der Waals surface area contributed by atoms with E-state index >= 15 is 0 Å². The maximum atomic E-state index is 13.0. The number of carbonyl (C=O) groups excluding carboxylic acids is 1. The Morgan fingerprint density at radius 3 is 2.57 bits per heavy atom. The number of nitrogens with one attached hydrogen (secondary N) is 3. The SMILES string of the molecule is CCNC(=O)c1ccc(N2CCNCC2)c(NS(=O)(=O)c2cccc(C)c2)c1. The molecule has 1 fully saturated rings. The van der Waals surface area contributed by atoms with Crippen LogP contribution in [0.3, 0.4) is 0 Å². The van der Waals surface area contributed by atoms with Crippen molar-refractivity contribution in [3.8, 4) is 0 Å². The van der Waals surface area contributed by atoms with Gasteiger partial charge in [0.05, 0.1) is 16.3 Å². The average Bonchev–Trinajstić information content (AvgIpc) is 2.68. The van der Waals surface area contributed by atoms with Crippen LogP contribution in [0, 0.1) is 6.92 Å². The van der Waals surface area contributed by atoms with Gasteiger partial charge in [0.15, 0.2) is 0 Å². The number of sulfonamides is 1. The molecule has 2 aromatic rings. The van der Waals surface area contributed by atoms with Crippen molar-refractivity contribution in [2.75, 3.05) is 42.3 Å². The zero-order valence-corrected chi connectivity index (χ0v) is 17.0. The molecule has 0 unspecified atom stereocenters. The molecule has 8 heteroatoms. The highest BCUT2D eigenvalue weighted by molar-refractivity contribution is 7.92. The van der Waals surface area contributed by atoms with Crippen LogP contribution in [0.5, 0.6) is 0 Å². The summed E-state index contributed by atoms with van der Waals surface area (Å²) in [7, 11) is -3.78. The fourth-order valence-electron chi connectivity index (χ4n) is 3.19. The van der Waals surface area contributed by atoms with Crippen molar-refractivity contribution in [2.24, 2.45) is 0 Å². The molecule has 7 nitrogen and oxygen atoms in total. The number of nitrogens with zero attached hydrogens (tertiary/aromatic N) is 1. The van der Waals surface area contributed by atoms with Crippen LogP contribution in [0.1, 0.15) is 22.8 Å². The van der Waals surface area contributed by atoms with Gasteiger partial charge in [0.25, 0.3) is 15.9 Å². The molecule has 3 N–H and O–H groups in total. The first-order chi connectivity index (χ1) is 13.4. The Bertz CT molecular complexity index is 954. The second kappa shape index (κ2) is 8.62. The quantitative estimate of drug-likeness (QED) is 0.687. The van der Waals surface area contributed by atoms with E-state index < -0.39 is 10.0 Å². The minimum atomic E-state index is -3.78. The van der Waals surface area contributed by atoms with E-state index in [0.29, 0.717) is 17.8 Å². The molecule has 3 rings (SSSR count). The molecule has 0 atom stereocenters. The lowest BCUT2D eigenvalue weighted by Gasteiger charge is -2.31. The van der Waals surface area contributed by atoms with Crippen molar-refractivity contribution in [2.45, 2.75) is 18.7 Å². The van der Waals surface area contributed by atoms with Gasteiger partial charge in [0.2, 0.25) is 0 Å². The van der Waals surface area contributed by atoms with Crippen LogP contribution in [0.2, 0.25) is 0 Å². The highest BCUT2D eigenvalue weighted by Crippen LogP contribution is 2.30. The van der Waals surface area contributed by atoms with Crippen LogP contribution in [-0.4, -0.2) is 47.0 Å². The van der Waals surface area contributed by atoms with Crippen LogP contribution in [-0.2, 0) is 10.0 Å². The molecular weight excluding hydrogens is 376 g/mol. The summed E-state index contributed by atoms with van der Waals surface area (Å²) in [5, 5.41) is 6.04. The number of aryl methyl sites for hydroxylation is 1. The lowest BCUT2D eigenvalue weighted by molar-refractivity contribution is 0.0956. The maximum absolute atomic E-state index is 13.0. The Kier molecular flexibility index (Phi) is 6.21. The van der Waals surface area contributed by atoms with Gasteiger partial charge >= 0.3 is 0 Å². The molecule has 28 heavy (non-hydrogen) atoms. The summed E-state index contributed by atoms with van der Waals surface area (Å²) in [6.07, 6.45) is 0. The van der Waals surface area contributed by atoms with Crippen LogP contribution in [0.25, 0.3) is 0 Å². The summed E-state index contributed by atoms with van der Waals surface area (Å²) in [6, 6.07) is 11.9. The van der Waals surface area contributed by atoms with E-state index in [9.17, 15) is 13.2 Å². The second-order valence-electron chi connectivity index (χ2n) is 6.75. The summed E-state index contributed by atoms with van der Waals surface area (Å²) >= 11 is 0. The molecule has 150 valence electrons. The van der Waals surface area contributed by atoms with E-state index in [-0.39, 0.29) is 10.8 Å². The fraction of sp³-hybridized carbons (Fsp3) is 0.350. The van der Waals surface area contributed by atoms with Gasteiger partial charge in [-0.15, -0.1) is 0 Å². The summed E-state index contributed by atoms with van der Waals surface area (Å²) in [4.78, 5) is 14.6. The predicted molar refractivity (Wildman–Crippen MR) is 112 cm³/mol. The molecule has 1 saturated heterocycles. The van der Waals surface area contributed by atoms with E-state index in [1.54, 1.807) is 30.3 Å². The summed E-state index contributed by atoms with van der Waals surface area (Å²) in [5.41, 5.74) is 2.46. The Morgan fingerprint density at radius 2 is 1.89 bits per heavy atom. The number of amides is 1. The van der Waals surface area contributed by atoms with Gasteiger partial charge in [-0.25, -0.2) is 8.42 Å². The van der Waals surface area contributed by atoms with Crippen molar-refractivity contribution < 1.29 is 13.2 Å². The van der Waals surface area contributed by atoms with E-state index in [0.717, 1.165) is 37.4 Å². The number of hydrogen-bond acceptors (Lipinski definition) is 5. The largest absolute Gasteiger partial charge is 0.367 e. The third kappa shape index (κ3) is 4.63. The first-order valence-corrected chi connectivity index (χ1v) is 10.9. The molecule has 0 bridgehead atoms. The van der Waals surface area contributed by atoms with Crippen LogP contribution >= 0.6 is 0 Å². The molecule has 0 saturated carbocycles. The van der Waals surface area contributed by atoms with E-state index in [1.165, 1.54) is 0 Å². The van der Waals surface area contributed by atoms with Gasteiger partial charge in [-0.05, 0) is 49.7 Å². The number of benzene rings is 2. The van der Waals surface area contributed by atoms with Crippen molar-refractivity contribution >= 4 is 27.3 Å². The molecule has 1 amide bonds. The van der Waals surface area contributed by atoms with Crippen molar-refractivity contribution in [1.82, 2.24) is 10.6 Å². The summed E-state index contributed by atoms with van der Waals surface area (Å²) in [6.45, 7) is 7.36. The van der Waals surface area contributed by atoms with Gasteiger partial charge in [0.1, 0.15) is 0 Å². The smallest absolute Gasteiger partial charge is 0.261 e. The second-order valence-corrected chi connectivity index (χ2v) is 8.43. The number of piperazine rings is 1. The average molecular weight is 403 g/mol. The molecular formula is C20H26N4O3S. The highest BCUT2D eigenvalue weighted by atomic mass is 32.2. The Balaban J connectivity index is 1.99. The third-order valence-corrected chi connectivity index (χ3v) is 5.96. The lowest BCUT2D eigenvalue weighted by Crippen LogP contribution is -2.43. The third-order valence-electron chi connectivity index (χ3n) is 4.60. The highest BCUT2D eigenvalue weighted by Gasteiger charge is 2.21. The van der Waals surface area contributed by atoms with Crippen LogP contribution < -0.4 is 20.3 Å². The number of rotatable bonds is 6. The molecule has 1 heterocycles. The molecule has 0 aromatic heterocycles. The van der Waals surface area contributed by atoms with Gasteiger partial charge in [-0.3, -0.25) is 9.52 Å². The van der Waals surface area contributed by atoms with E-state index in [4.69, 9.17) is 0 Å². The Morgan fingerprint density at radius 1 is 1.14 bits per heavy atom. The maximum Gasteiger partial charge on any atom is 0.261 e. The van der Waals surface area contributed by atoms with Crippen molar-refractivity contribution in [3.05, 3.63) is 53.6 Å². The standard InChI is InChI=1S/C20H26N4O3S/c1-3-22-20(25)16-7-8-19(24-11-9-21-10-12-24)18(14-16)23-28(26,27)17-6-4-5-15(2)13-17/h4-8,13-14,21,23H,3,9-12H2,1-2H3,(H,22,25). The van der Waals surface area contributed by atoms with Gasteiger partial charge in [-0.2, -0.15) is 0 Å². The molecule has 1 aliphatic heterocycles. The van der Waals surface area contributed by atoms with E-state index in [1.807, 2.05) is 26.0 Å². The zero-order valence-electron chi connectivity index (χ0n) is 16.2. The monoisotopic (exact) mass is 402 g/mol. The van der Waals surface area contributed by atoms with Crippen molar-refractivity contribution in [3.63, 3.8) is 0 Å². The normalized spacial score (nSPS) is 14.6. The molecule has 1 aliphatic rings. The van der Waals surface area contributed by atoms with Crippen molar-refractivity contribution in [1.29, 1.82) is 0 Å². The van der Waals surface area contributed by atoms with Crippen LogP contribution in [0.15, 0.2) is 47.4 Å². The van der Waals surface area contributed by atoms with Gasteiger partial charge in [0, 0.05) is 38.3 Å². The first kappa shape index (κ1) is 20.2. The first-order valence-electron chi connectivity index (χ1n) is 9.38. The number of anilines is 2. The number of carbonyl (C=O) groups is 1. The Labute approximate surface area is 166 Å². The number of hydrogen-bond donors (Lipinski definition) is 3. The Hall–Kier alpha value is -2.58. The summed E-state index contributed by atoms with van der Waals surface area (Å²) in [5.74, 6) is -0.231. The molecule has 0 radical (unpaired) electrons. The minimum Gasteiger partial charge on any atom is -0.367 e. The molecule has 0 spiro atoms. The zero-order chi connectivity index (χ0) is 20.1. The van der Waals surface area contributed by atoms with E-state index in [2.05, 4.69) is 20.3 Å². The van der Waals surface area contributed by atoms with Gasteiger partial charge < -0.3 is 15.5 Å². The fourth-order valence-corrected chi connectivity index (χ4v) is 4.36. The molecule has 2 aromatic carbocycles. The van der Waals surface area contributed by atoms with Crippen LogP contribution in [0.4, 0.5) is 11.4 Å². The predicted octanol–water partition coefficient (Wildman–Crippen LogP) is 1.96. The topological polar surface area (TPSA) is 90.5 Å². The summed E-state index contributed by atoms with van der Waals surface area (Å²) < 4.78 is 28.6. The minimum absolute atomic E-state index is 0.196. The molecule has 0 aliphatic carbocycles. The lowest BCUT2D eigenvalue weighted by atomic mass is 10.1.